The SMILES string of the molecule is Cc1cc2ccccc2nc1N1C2CCC1CC(N)C2. The van der Waals surface area contributed by atoms with Crippen LogP contribution in [-0.4, -0.2) is 23.1 Å². The van der Waals surface area contributed by atoms with Crippen LogP contribution in [0.3, 0.4) is 0 Å². The Morgan fingerprint density at radius 3 is 2.60 bits per heavy atom. The highest BCUT2D eigenvalue weighted by molar-refractivity contribution is 5.82. The molecule has 0 saturated carbocycles. The quantitative estimate of drug-likeness (QED) is 0.863. The molecular weight excluding hydrogens is 246 g/mol. The third kappa shape index (κ3) is 1.80. The Labute approximate surface area is 119 Å². The fourth-order valence-corrected chi connectivity index (χ4v) is 4.04. The van der Waals surface area contributed by atoms with Crippen LogP contribution in [0.5, 0.6) is 0 Å². The molecule has 3 nitrogen and oxygen atoms in total. The van der Waals surface area contributed by atoms with Gasteiger partial charge >= 0.3 is 0 Å². The number of pyridine rings is 1. The Bertz CT molecular complexity index is 638. The molecule has 104 valence electrons. The van der Waals surface area contributed by atoms with E-state index < -0.39 is 0 Å². The number of piperidine rings is 1. The van der Waals surface area contributed by atoms with Crippen LogP contribution in [0.2, 0.25) is 0 Å². The molecule has 2 aliphatic heterocycles. The van der Waals surface area contributed by atoms with Gasteiger partial charge in [-0.2, -0.15) is 0 Å². The van der Waals surface area contributed by atoms with Crippen molar-refractivity contribution in [3.63, 3.8) is 0 Å². The van der Waals surface area contributed by atoms with Crippen molar-refractivity contribution >= 4 is 16.7 Å². The molecule has 1 aromatic heterocycles. The Hall–Kier alpha value is -1.61. The van der Waals surface area contributed by atoms with Gasteiger partial charge in [-0.3, -0.25) is 0 Å². The molecule has 0 radical (unpaired) electrons. The molecule has 4 rings (SSSR count). The topological polar surface area (TPSA) is 42.2 Å². The summed E-state index contributed by atoms with van der Waals surface area (Å²) in [5.41, 5.74) is 8.56. The zero-order valence-electron chi connectivity index (χ0n) is 11.9. The summed E-state index contributed by atoms with van der Waals surface area (Å²) in [6.07, 6.45) is 4.77. The van der Waals surface area contributed by atoms with Gasteiger partial charge in [0.15, 0.2) is 0 Å². The van der Waals surface area contributed by atoms with E-state index in [1.807, 2.05) is 0 Å². The largest absolute Gasteiger partial charge is 0.350 e. The number of benzene rings is 1. The van der Waals surface area contributed by atoms with Gasteiger partial charge in [0.2, 0.25) is 0 Å². The second kappa shape index (κ2) is 4.45. The number of hydrogen-bond donors (Lipinski definition) is 1. The van der Waals surface area contributed by atoms with Crippen molar-refractivity contribution in [2.24, 2.45) is 5.73 Å². The van der Waals surface area contributed by atoms with Crippen LogP contribution in [0.1, 0.15) is 31.2 Å². The number of rotatable bonds is 1. The lowest BCUT2D eigenvalue weighted by molar-refractivity contribution is 0.412. The highest BCUT2D eigenvalue weighted by Gasteiger charge is 2.40. The molecule has 2 atom stereocenters. The first-order valence-electron chi connectivity index (χ1n) is 7.62. The Morgan fingerprint density at radius 2 is 1.85 bits per heavy atom. The lowest BCUT2D eigenvalue weighted by Gasteiger charge is -2.39. The van der Waals surface area contributed by atoms with Crippen molar-refractivity contribution in [3.05, 3.63) is 35.9 Å². The number of hydrogen-bond acceptors (Lipinski definition) is 3. The van der Waals surface area contributed by atoms with Crippen LogP contribution < -0.4 is 10.6 Å². The average Bonchev–Trinajstić information content (AvgIpc) is 2.70. The maximum atomic E-state index is 6.18. The maximum Gasteiger partial charge on any atom is 0.132 e. The smallest absolute Gasteiger partial charge is 0.132 e. The first-order chi connectivity index (χ1) is 9.72. The highest BCUT2D eigenvalue weighted by Crippen LogP contribution is 2.39. The number of aryl methyl sites for hydroxylation is 1. The van der Waals surface area contributed by atoms with Crippen LogP contribution in [0, 0.1) is 6.92 Å². The minimum Gasteiger partial charge on any atom is -0.350 e. The first-order valence-corrected chi connectivity index (χ1v) is 7.62. The van der Waals surface area contributed by atoms with Gasteiger partial charge < -0.3 is 10.6 Å². The van der Waals surface area contributed by atoms with E-state index in [0.717, 1.165) is 18.4 Å². The molecule has 0 aliphatic carbocycles. The van der Waals surface area contributed by atoms with Crippen LogP contribution in [-0.2, 0) is 0 Å². The Morgan fingerprint density at radius 1 is 1.15 bits per heavy atom. The van der Waals surface area contributed by atoms with Gasteiger partial charge in [0, 0.05) is 23.5 Å². The minimum atomic E-state index is 0.379. The molecule has 0 spiro atoms. The van der Waals surface area contributed by atoms with Crippen LogP contribution in [0.25, 0.3) is 10.9 Å². The van der Waals surface area contributed by atoms with Gasteiger partial charge in [-0.1, -0.05) is 18.2 Å². The van der Waals surface area contributed by atoms with Crippen LogP contribution in [0.4, 0.5) is 5.82 Å². The van der Waals surface area contributed by atoms with Crippen molar-refractivity contribution in [2.75, 3.05) is 4.90 Å². The van der Waals surface area contributed by atoms with Crippen molar-refractivity contribution in [1.82, 2.24) is 4.98 Å². The second-order valence-corrected chi connectivity index (χ2v) is 6.35. The van der Waals surface area contributed by atoms with E-state index in [1.54, 1.807) is 0 Å². The van der Waals surface area contributed by atoms with Gasteiger partial charge in [-0.05, 0) is 50.3 Å². The third-order valence-corrected chi connectivity index (χ3v) is 4.90. The normalized spacial score (nSPS) is 29.1. The maximum absolute atomic E-state index is 6.18. The van der Waals surface area contributed by atoms with Gasteiger partial charge in [-0.25, -0.2) is 4.98 Å². The first kappa shape index (κ1) is 12.2. The summed E-state index contributed by atoms with van der Waals surface area (Å²) in [5.74, 6) is 1.18. The van der Waals surface area contributed by atoms with Crippen LogP contribution in [0.15, 0.2) is 30.3 Å². The molecule has 1 aromatic carbocycles. The summed E-state index contributed by atoms with van der Waals surface area (Å²) >= 11 is 0. The zero-order chi connectivity index (χ0) is 13.7. The molecule has 20 heavy (non-hydrogen) atoms. The molecule has 2 aliphatic rings. The summed E-state index contributed by atoms with van der Waals surface area (Å²) in [6.45, 7) is 2.18. The summed E-state index contributed by atoms with van der Waals surface area (Å²) < 4.78 is 0. The minimum absolute atomic E-state index is 0.379. The highest BCUT2D eigenvalue weighted by atomic mass is 15.3. The van der Waals surface area contributed by atoms with Crippen molar-refractivity contribution in [3.8, 4) is 0 Å². The van der Waals surface area contributed by atoms with Gasteiger partial charge in [-0.15, -0.1) is 0 Å². The standard InChI is InChI=1S/C17H21N3/c1-11-8-12-4-2-3-5-16(12)19-17(11)20-14-6-7-15(20)10-13(18)9-14/h2-5,8,13-15H,6-7,9-10,18H2,1H3. The molecule has 3 heterocycles. The number of para-hydroxylation sites is 1. The van der Waals surface area contributed by atoms with Crippen molar-refractivity contribution < 1.29 is 0 Å². The third-order valence-electron chi connectivity index (χ3n) is 4.90. The number of nitrogens with two attached hydrogens (primary N) is 1. The van der Waals surface area contributed by atoms with Gasteiger partial charge in [0.1, 0.15) is 5.82 Å². The molecule has 2 N–H and O–H groups in total. The lowest BCUT2D eigenvalue weighted by atomic mass is 9.97. The number of aromatic nitrogens is 1. The molecule has 2 bridgehead atoms. The monoisotopic (exact) mass is 267 g/mol. The summed E-state index contributed by atoms with van der Waals surface area (Å²) in [7, 11) is 0. The molecule has 2 unspecified atom stereocenters. The Kier molecular flexibility index (Phi) is 2.71. The molecular formula is C17H21N3. The summed E-state index contributed by atoms with van der Waals surface area (Å²) in [6, 6.07) is 12.2. The summed E-state index contributed by atoms with van der Waals surface area (Å²) in [4.78, 5) is 7.51. The van der Waals surface area contributed by atoms with Crippen molar-refractivity contribution in [2.45, 2.75) is 50.7 Å². The molecule has 2 fully saturated rings. The fraction of sp³-hybridized carbons (Fsp3) is 0.471. The van der Waals surface area contributed by atoms with E-state index in [2.05, 4.69) is 42.2 Å². The van der Waals surface area contributed by atoms with Crippen molar-refractivity contribution in [1.29, 1.82) is 0 Å². The van der Waals surface area contributed by atoms with E-state index in [4.69, 9.17) is 10.7 Å². The predicted octanol–water partition coefficient (Wildman–Crippen LogP) is 3.00. The second-order valence-electron chi connectivity index (χ2n) is 6.35. The Balaban J connectivity index is 1.80. The predicted molar refractivity (Wildman–Crippen MR) is 83.0 cm³/mol. The van der Waals surface area contributed by atoms with E-state index in [1.165, 1.54) is 29.6 Å². The van der Waals surface area contributed by atoms with E-state index in [-0.39, 0.29) is 0 Å². The number of fused-ring (bicyclic) bond motifs is 3. The molecule has 2 saturated heterocycles. The zero-order valence-corrected chi connectivity index (χ0v) is 11.9. The average molecular weight is 267 g/mol. The van der Waals surface area contributed by atoms with Gasteiger partial charge in [0.25, 0.3) is 0 Å². The molecule has 3 heteroatoms. The van der Waals surface area contributed by atoms with Crippen LogP contribution >= 0.6 is 0 Å². The number of anilines is 1. The van der Waals surface area contributed by atoms with Gasteiger partial charge in [0.05, 0.1) is 5.52 Å². The molecule has 2 aromatic rings. The van der Waals surface area contributed by atoms with E-state index >= 15 is 0 Å². The van der Waals surface area contributed by atoms with E-state index in [9.17, 15) is 0 Å². The fourth-order valence-electron chi connectivity index (χ4n) is 4.04. The lowest BCUT2D eigenvalue weighted by Crippen LogP contribution is -2.48. The summed E-state index contributed by atoms with van der Waals surface area (Å²) in [5, 5.41) is 1.23. The number of nitrogens with zero attached hydrogens (tertiary/aromatic N) is 2. The molecule has 0 amide bonds. The van der Waals surface area contributed by atoms with E-state index in [0.29, 0.717) is 18.1 Å².